The summed E-state index contributed by atoms with van der Waals surface area (Å²) in [5.74, 6) is 0.792. The summed E-state index contributed by atoms with van der Waals surface area (Å²) in [6.45, 7) is 4.84. The summed E-state index contributed by atoms with van der Waals surface area (Å²) in [6, 6.07) is 4.41. The fourth-order valence-electron chi connectivity index (χ4n) is 4.20. The first kappa shape index (κ1) is 23.7. The molecule has 34 heavy (non-hydrogen) atoms. The van der Waals surface area contributed by atoms with Gasteiger partial charge in [0.05, 0.1) is 28.0 Å². The molecule has 1 unspecified atom stereocenters. The minimum atomic E-state index is -4.52. The van der Waals surface area contributed by atoms with Crippen molar-refractivity contribution in [3.05, 3.63) is 70.4 Å². The first-order chi connectivity index (χ1) is 16.0. The molecule has 0 aliphatic heterocycles. The van der Waals surface area contributed by atoms with Crippen molar-refractivity contribution in [1.29, 1.82) is 0 Å². The number of nitrogens with one attached hydrogen (secondary N) is 1. The van der Waals surface area contributed by atoms with Gasteiger partial charge in [-0.25, -0.2) is 14.4 Å². The second kappa shape index (κ2) is 8.41. The van der Waals surface area contributed by atoms with Crippen LogP contribution in [0.1, 0.15) is 35.8 Å². The van der Waals surface area contributed by atoms with Crippen LogP contribution in [0.2, 0.25) is 0 Å². The molecule has 10 heteroatoms. The van der Waals surface area contributed by atoms with Crippen LogP contribution in [0.4, 0.5) is 29.1 Å². The van der Waals surface area contributed by atoms with Crippen LogP contribution in [0.3, 0.4) is 0 Å². The first-order valence-corrected chi connectivity index (χ1v) is 10.8. The van der Waals surface area contributed by atoms with Gasteiger partial charge in [-0.3, -0.25) is 4.79 Å². The van der Waals surface area contributed by atoms with Gasteiger partial charge in [0.2, 0.25) is 0 Å². The van der Waals surface area contributed by atoms with Gasteiger partial charge in [0.15, 0.2) is 0 Å². The van der Waals surface area contributed by atoms with Crippen LogP contribution in [0.25, 0.3) is 10.9 Å². The van der Waals surface area contributed by atoms with Crippen LogP contribution in [0, 0.1) is 6.92 Å². The van der Waals surface area contributed by atoms with Crippen LogP contribution in [0.15, 0.2) is 47.9 Å². The Labute approximate surface area is 193 Å². The molecular formula is C24H25F4N5O. The van der Waals surface area contributed by atoms with Crippen molar-refractivity contribution >= 4 is 22.4 Å². The lowest BCUT2D eigenvalue weighted by molar-refractivity contribution is -0.137. The number of aryl methyl sites for hydroxylation is 1. The monoisotopic (exact) mass is 475 g/mol. The van der Waals surface area contributed by atoms with Crippen molar-refractivity contribution in [3.8, 4) is 0 Å². The molecule has 0 bridgehead atoms. The van der Waals surface area contributed by atoms with Crippen LogP contribution in [-0.2, 0) is 11.7 Å². The number of likely N-dealkylation sites (N-methyl/N-ethyl adjacent to an activating group) is 1. The lowest BCUT2D eigenvalue weighted by Crippen LogP contribution is -2.32. The molecule has 0 spiro atoms. The fraction of sp³-hybridized carbons (Fsp3) is 0.375. The SMILES string of the molecule is C=CC(c1cc(NC)cc(C(F)(F)F)c1)N(C)c1nc(C)nc2cc(=O)n(C3(CF)CC3)cc12. The van der Waals surface area contributed by atoms with E-state index in [0.29, 0.717) is 46.6 Å². The lowest BCUT2D eigenvalue weighted by atomic mass is 10.0. The minimum Gasteiger partial charge on any atom is -0.388 e. The summed E-state index contributed by atoms with van der Waals surface area (Å²) in [4.78, 5) is 23.2. The number of halogens is 4. The van der Waals surface area contributed by atoms with E-state index < -0.39 is 30.0 Å². The molecule has 6 nitrogen and oxygen atoms in total. The topological polar surface area (TPSA) is 63.0 Å². The highest BCUT2D eigenvalue weighted by Gasteiger charge is 2.45. The van der Waals surface area contributed by atoms with E-state index in [-0.39, 0.29) is 5.56 Å². The van der Waals surface area contributed by atoms with Gasteiger partial charge >= 0.3 is 6.18 Å². The van der Waals surface area contributed by atoms with E-state index in [0.717, 1.165) is 12.1 Å². The summed E-state index contributed by atoms with van der Waals surface area (Å²) in [7, 11) is 3.23. The number of rotatable bonds is 7. The van der Waals surface area contributed by atoms with E-state index in [2.05, 4.69) is 21.9 Å². The third kappa shape index (κ3) is 4.12. The zero-order chi connectivity index (χ0) is 24.8. The molecule has 2 heterocycles. The van der Waals surface area contributed by atoms with Gasteiger partial charge in [-0.2, -0.15) is 13.2 Å². The third-order valence-corrected chi connectivity index (χ3v) is 6.30. The van der Waals surface area contributed by atoms with Crippen molar-refractivity contribution in [2.75, 3.05) is 31.0 Å². The first-order valence-electron chi connectivity index (χ1n) is 10.8. The zero-order valence-corrected chi connectivity index (χ0v) is 19.1. The second-order valence-electron chi connectivity index (χ2n) is 8.62. The normalized spacial score (nSPS) is 15.7. The van der Waals surface area contributed by atoms with E-state index in [9.17, 15) is 22.4 Å². The molecule has 1 atom stereocenters. The number of fused-ring (bicyclic) bond motifs is 1. The van der Waals surface area contributed by atoms with Crippen molar-refractivity contribution in [2.45, 2.75) is 37.5 Å². The second-order valence-corrected chi connectivity index (χ2v) is 8.62. The predicted molar refractivity (Wildman–Crippen MR) is 124 cm³/mol. The molecule has 0 saturated heterocycles. The Bertz CT molecular complexity index is 1310. The molecular weight excluding hydrogens is 450 g/mol. The Morgan fingerprint density at radius 2 is 1.97 bits per heavy atom. The Morgan fingerprint density at radius 3 is 2.53 bits per heavy atom. The molecule has 0 radical (unpaired) electrons. The number of hydrogen-bond donors (Lipinski definition) is 1. The fourth-order valence-corrected chi connectivity index (χ4v) is 4.20. The van der Waals surface area contributed by atoms with Gasteiger partial charge in [-0.05, 0) is 43.5 Å². The molecule has 1 aromatic carbocycles. The molecule has 1 aliphatic carbocycles. The lowest BCUT2D eigenvalue weighted by Gasteiger charge is -2.29. The van der Waals surface area contributed by atoms with Gasteiger partial charge in [0.25, 0.3) is 5.56 Å². The van der Waals surface area contributed by atoms with Crippen molar-refractivity contribution < 1.29 is 17.6 Å². The van der Waals surface area contributed by atoms with E-state index in [1.54, 1.807) is 38.2 Å². The van der Waals surface area contributed by atoms with Crippen molar-refractivity contribution in [2.24, 2.45) is 0 Å². The standard InChI is InChI=1S/C24H25F4N5O/c1-5-20(15-8-16(24(26,27)28)10-17(9-15)29-3)32(4)22-18-12-33(23(13-25)6-7-23)21(34)11-19(18)30-14(2)31-22/h5,8-12,20,29H,1,6-7,13H2,2-4H3. The molecule has 0 amide bonds. The molecule has 4 rings (SSSR count). The summed E-state index contributed by atoms with van der Waals surface area (Å²) >= 11 is 0. The number of nitrogens with zero attached hydrogens (tertiary/aromatic N) is 4. The highest BCUT2D eigenvalue weighted by molar-refractivity contribution is 5.89. The van der Waals surface area contributed by atoms with Gasteiger partial charge < -0.3 is 14.8 Å². The predicted octanol–water partition coefficient (Wildman–Crippen LogP) is 4.98. The maximum Gasteiger partial charge on any atom is 0.416 e. The van der Waals surface area contributed by atoms with Gasteiger partial charge in [-0.15, -0.1) is 6.58 Å². The number of alkyl halides is 4. The smallest absolute Gasteiger partial charge is 0.388 e. The number of hydrogen-bond acceptors (Lipinski definition) is 5. The van der Waals surface area contributed by atoms with Gasteiger partial charge in [0.1, 0.15) is 18.3 Å². The summed E-state index contributed by atoms with van der Waals surface area (Å²) < 4.78 is 55.7. The highest BCUT2D eigenvalue weighted by atomic mass is 19.4. The van der Waals surface area contributed by atoms with Crippen molar-refractivity contribution in [1.82, 2.24) is 14.5 Å². The average Bonchev–Trinajstić information content (AvgIpc) is 3.58. The van der Waals surface area contributed by atoms with Crippen LogP contribution < -0.4 is 15.8 Å². The highest BCUT2D eigenvalue weighted by Crippen LogP contribution is 2.43. The molecule has 2 aromatic heterocycles. The quantitative estimate of drug-likeness (QED) is 0.386. The van der Waals surface area contributed by atoms with Gasteiger partial charge in [-0.1, -0.05) is 6.08 Å². The van der Waals surface area contributed by atoms with Gasteiger partial charge in [0, 0.05) is 32.0 Å². The van der Waals surface area contributed by atoms with Crippen LogP contribution in [0.5, 0.6) is 0 Å². The number of benzene rings is 1. The number of pyridine rings is 1. The largest absolute Gasteiger partial charge is 0.416 e. The molecule has 1 N–H and O–H groups in total. The molecule has 180 valence electrons. The maximum atomic E-state index is 13.7. The number of anilines is 2. The maximum absolute atomic E-state index is 13.7. The van der Waals surface area contributed by atoms with Crippen LogP contribution in [-0.4, -0.2) is 35.3 Å². The Hall–Kier alpha value is -3.43. The summed E-state index contributed by atoms with van der Waals surface area (Å²) in [6.07, 6.45) is -0.331. The van der Waals surface area contributed by atoms with Crippen molar-refractivity contribution in [3.63, 3.8) is 0 Å². The Kier molecular flexibility index (Phi) is 5.87. The summed E-state index contributed by atoms with van der Waals surface area (Å²) in [5, 5.41) is 3.27. The minimum absolute atomic E-state index is 0.307. The molecule has 1 aliphatic rings. The molecule has 1 fully saturated rings. The van der Waals surface area contributed by atoms with E-state index >= 15 is 0 Å². The zero-order valence-electron chi connectivity index (χ0n) is 19.1. The molecule has 1 saturated carbocycles. The average molecular weight is 475 g/mol. The summed E-state index contributed by atoms with van der Waals surface area (Å²) in [5.41, 5.74) is -0.949. The third-order valence-electron chi connectivity index (χ3n) is 6.30. The Balaban J connectivity index is 1.88. The van der Waals surface area contributed by atoms with Crippen LogP contribution >= 0.6 is 0 Å². The number of aromatic nitrogens is 3. The Morgan fingerprint density at radius 1 is 1.26 bits per heavy atom. The molecule has 3 aromatic rings. The van der Waals surface area contributed by atoms with E-state index in [1.807, 2.05) is 0 Å². The van der Waals surface area contributed by atoms with E-state index in [1.165, 1.54) is 16.7 Å². The van der Waals surface area contributed by atoms with E-state index in [4.69, 9.17) is 0 Å².